The lowest BCUT2D eigenvalue weighted by Crippen LogP contribution is -2.19. The van der Waals surface area contributed by atoms with Crippen LogP contribution in [-0.4, -0.2) is 13.1 Å². The van der Waals surface area contributed by atoms with Crippen molar-refractivity contribution in [2.24, 2.45) is 11.3 Å². The van der Waals surface area contributed by atoms with Crippen LogP contribution in [0.2, 0.25) is 0 Å². The minimum atomic E-state index is 0.608. The Bertz CT molecular complexity index is 333. The zero-order valence-electron chi connectivity index (χ0n) is 11.2. The highest BCUT2D eigenvalue weighted by Gasteiger charge is 2.48. The topological polar surface area (TPSA) is 12.0 Å². The maximum absolute atomic E-state index is 3.55. The summed E-state index contributed by atoms with van der Waals surface area (Å²) in [7, 11) is 0. The minimum absolute atomic E-state index is 0.608. The molecule has 2 atom stereocenters. The second-order valence-corrected chi connectivity index (χ2v) is 5.74. The zero-order chi connectivity index (χ0) is 12.1. The van der Waals surface area contributed by atoms with E-state index >= 15 is 0 Å². The van der Waals surface area contributed by atoms with Crippen LogP contribution < -0.4 is 5.32 Å². The standard InChI is InChI=1S/C16H25N/c1-3-11-17-13-15-12-16(15,2)10-9-14-7-5-4-6-8-14/h4-8,15,17H,3,9-13H2,1-2H3. The summed E-state index contributed by atoms with van der Waals surface area (Å²) >= 11 is 0. The van der Waals surface area contributed by atoms with Crippen LogP contribution in [-0.2, 0) is 6.42 Å². The highest BCUT2D eigenvalue weighted by atomic mass is 14.9. The normalized spacial score (nSPS) is 27.1. The molecule has 94 valence electrons. The third-order valence-electron chi connectivity index (χ3n) is 4.18. The highest BCUT2D eigenvalue weighted by molar-refractivity contribution is 5.15. The highest BCUT2D eigenvalue weighted by Crippen LogP contribution is 2.54. The zero-order valence-corrected chi connectivity index (χ0v) is 11.2. The largest absolute Gasteiger partial charge is 0.316 e. The van der Waals surface area contributed by atoms with E-state index in [-0.39, 0.29) is 0 Å². The first-order valence-corrected chi connectivity index (χ1v) is 6.99. The SMILES string of the molecule is CCCNCC1CC1(C)CCc1ccccc1. The van der Waals surface area contributed by atoms with Crippen molar-refractivity contribution >= 4 is 0 Å². The number of rotatable bonds is 7. The molecule has 0 heterocycles. The molecule has 1 aliphatic rings. The Morgan fingerprint density at radius 1 is 1.29 bits per heavy atom. The molecule has 1 aliphatic carbocycles. The lowest BCUT2D eigenvalue weighted by molar-refractivity contribution is 0.445. The summed E-state index contributed by atoms with van der Waals surface area (Å²) in [6.45, 7) is 7.08. The molecular formula is C16H25N. The minimum Gasteiger partial charge on any atom is -0.316 e. The van der Waals surface area contributed by atoms with Gasteiger partial charge in [-0.05, 0) is 55.7 Å². The van der Waals surface area contributed by atoms with Crippen molar-refractivity contribution in [2.45, 2.75) is 39.5 Å². The molecule has 1 heteroatoms. The second kappa shape index (κ2) is 5.68. The van der Waals surface area contributed by atoms with Crippen molar-refractivity contribution in [3.8, 4) is 0 Å². The maximum Gasteiger partial charge on any atom is -0.00151 e. The first-order chi connectivity index (χ1) is 8.24. The van der Waals surface area contributed by atoms with Crippen LogP contribution in [0, 0.1) is 11.3 Å². The smallest absolute Gasteiger partial charge is 0.00151 e. The van der Waals surface area contributed by atoms with E-state index in [1.54, 1.807) is 0 Å². The first-order valence-electron chi connectivity index (χ1n) is 6.99. The Kier molecular flexibility index (Phi) is 4.22. The van der Waals surface area contributed by atoms with Gasteiger partial charge in [-0.15, -0.1) is 0 Å². The van der Waals surface area contributed by atoms with E-state index in [1.165, 1.54) is 44.3 Å². The van der Waals surface area contributed by atoms with Gasteiger partial charge in [0.05, 0.1) is 0 Å². The molecule has 1 fully saturated rings. The fourth-order valence-corrected chi connectivity index (χ4v) is 2.66. The van der Waals surface area contributed by atoms with Gasteiger partial charge in [0.1, 0.15) is 0 Å². The molecule has 0 aliphatic heterocycles. The summed E-state index contributed by atoms with van der Waals surface area (Å²) in [5.41, 5.74) is 2.09. The number of nitrogens with one attached hydrogen (secondary N) is 1. The Balaban J connectivity index is 1.70. The molecule has 0 bridgehead atoms. The van der Waals surface area contributed by atoms with Crippen LogP contribution in [0.15, 0.2) is 30.3 Å². The Morgan fingerprint density at radius 2 is 2.06 bits per heavy atom. The van der Waals surface area contributed by atoms with Crippen molar-refractivity contribution < 1.29 is 0 Å². The van der Waals surface area contributed by atoms with Gasteiger partial charge in [-0.1, -0.05) is 44.2 Å². The van der Waals surface area contributed by atoms with Crippen LogP contribution in [0.3, 0.4) is 0 Å². The van der Waals surface area contributed by atoms with Crippen LogP contribution in [0.4, 0.5) is 0 Å². The maximum atomic E-state index is 3.55. The van der Waals surface area contributed by atoms with Gasteiger partial charge in [0.25, 0.3) is 0 Å². The van der Waals surface area contributed by atoms with Crippen molar-refractivity contribution in [1.29, 1.82) is 0 Å². The molecule has 1 aromatic rings. The Morgan fingerprint density at radius 3 is 2.76 bits per heavy atom. The third kappa shape index (κ3) is 3.57. The van der Waals surface area contributed by atoms with Gasteiger partial charge in [0, 0.05) is 0 Å². The molecule has 0 amide bonds. The van der Waals surface area contributed by atoms with E-state index in [4.69, 9.17) is 0 Å². The summed E-state index contributed by atoms with van der Waals surface area (Å²) in [4.78, 5) is 0. The molecule has 1 saturated carbocycles. The third-order valence-corrected chi connectivity index (χ3v) is 4.18. The van der Waals surface area contributed by atoms with E-state index in [0.717, 1.165) is 5.92 Å². The van der Waals surface area contributed by atoms with Gasteiger partial charge in [-0.25, -0.2) is 0 Å². The van der Waals surface area contributed by atoms with Crippen LogP contribution in [0.1, 0.15) is 38.7 Å². The second-order valence-electron chi connectivity index (χ2n) is 5.74. The molecule has 2 unspecified atom stereocenters. The van der Waals surface area contributed by atoms with Gasteiger partial charge in [0.2, 0.25) is 0 Å². The number of aryl methyl sites for hydroxylation is 1. The summed E-state index contributed by atoms with van der Waals surface area (Å²) in [6, 6.07) is 10.9. The lowest BCUT2D eigenvalue weighted by Gasteiger charge is -2.11. The van der Waals surface area contributed by atoms with Crippen LogP contribution >= 0.6 is 0 Å². The van der Waals surface area contributed by atoms with E-state index < -0.39 is 0 Å². The molecular weight excluding hydrogens is 206 g/mol. The first kappa shape index (κ1) is 12.6. The van der Waals surface area contributed by atoms with Gasteiger partial charge in [-0.3, -0.25) is 0 Å². The Labute approximate surface area is 106 Å². The summed E-state index contributed by atoms with van der Waals surface area (Å²) in [6.07, 6.45) is 5.24. The lowest BCUT2D eigenvalue weighted by atomic mass is 9.96. The number of hydrogen-bond donors (Lipinski definition) is 1. The van der Waals surface area contributed by atoms with E-state index in [9.17, 15) is 0 Å². The van der Waals surface area contributed by atoms with Crippen molar-refractivity contribution in [3.05, 3.63) is 35.9 Å². The summed E-state index contributed by atoms with van der Waals surface area (Å²) in [5, 5.41) is 3.55. The summed E-state index contributed by atoms with van der Waals surface area (Å²) in [5.74, 6) is 0.915. The summed E-state index contributed by atoms with van der Waals surface area (Å²) < 4.78 is 0. The number of hydrogen-bond acceptors (Lipinski definition) is 1. The molecule has 0 aromatic heterocycles. The van der Waals surface area contributed by atoms with Gasteiger partial charge in [0.15, 0.2) is 0 Å². The fraction of sp³-hybridized carbons (Fsp3) is 0.625. The van der Waals surface area contributed by atoms with Crippen LogP contribution in [0.25, 0.3) is 0 Å². The van der Waals surface area contributed by atoms with Crippen molar-refractivity contribution in [2.75, 3.05) is 13.1 Å². The number of benzene rings is 1. The quantitative estimate of drug-likeness (QED) is 0.706. The average molecular weight is 231 g/mol. The molecule has 0 spiro atoms. The van der Waals surface area contributed by atoms with E-state index in [1.807, 2.05) is 0 Å². The molecule has 1 N–H and O–H groups in total. The predicted octanol–water partition coefficient (Wildman–Crippen LogP) is 3.65. The molecule has 17 heavy (non-hydrogen) atoms. The van der Waals surface area contributed by atoms with E-state index in [0.29, 0.717) is 5.41 Å². The van der Waals surface area contributed by atoms with Gasteiger partial charge < -0.3 is 5.32 Å². The van der Waals surface area contributed by atoms with Crippen molar-refractivity contribution in [3.63, 3.8) is 0 Å². The fourth-order valence-electron chi connectivity index (χ4n) is 2.66. The monoisotopic (exact) mass is 231 g/mol. The van der Waals surface area contributed by atoms with E-state index in [2.05, 4.69) is 49.5 Å². The van der Waals surface area contributed by atoms with Gasteiger partial charge >= 0.3 is 0 Å². The van der Waals surface area contributed by atoms with Crippen LogP contribution in [0.5, 0.6) is 0 Å². The Hall–Kier alpha value is -0.820. The molecule has 1 aromatic carbocycles. The van der Waals surface area contributed by atoms with Crippen molar-refractivity contribution in [1.82, 2.24) is 5.32 Å². The predicted molar refractivity (Wildman–Crippen MR) is 74.1 cm³/mol. The molecule has 0 radical (unpaired) electrons. The van der Waals surface area contributed by atoms with Gasteiger partial charge in [-0.2, -0.15) is 0 Å². The molecule has 2 rings (SSSR count). The molecule has 0 saturated heterocycles. The average Bonchev–Trinajstić information content (AvgIpc) is 3.00. The molecule has 1 nitrogen and oxygen atoms in total.